The minimum absolute atomic E-state index is 0.124. The van der Waals surface area contributed by atoms with E-state index < -0.39 is 0 Å². The maximum atomic E-state index is 12.8. The molecular weight excluding hydrogens is 255 g/mol. The van der Waals surface area contributed by atoms with Crippen molar-refractivity contribution in [3.8, 4) is 0 Å². The molecule has 0 radical (unpaired) electrons. The second-order valence-corrected chi connectivity index (χ2v) is 5.92. The highest BCUT2D eigenvalue weighted by Gasteiger charge is 2.26. The summed E-state index contributed by atoms with van der Waals surface area (Å²) < 4.78 is 12.8. The van der Waals surface area contributed by atoms with Crippen LogP contribution < -0.4 is 5.73 Å². The summed E-state index contributed by atoms with van der Waals surface area (Å²) in [6, 6.07) is 4.11. The van der Waals surface area contributed by atoms with E-state index in [4.69, 9.17) is 5.73 Å². The Bertz CT molecular complexity index is 410. The molecule has 0 aliphatic carbocycles. The molecule has 1 aromatic heterocycles. The van der Waals surface area contributed by atoms with Crippen LogP contribution in [0.4, 0.5) is 4.39 Å². The average molecular weight is 280 g/mol. The molecule has 0 saturated carbocycles. The van der Waals surface area contributed by atoms with Crippen LogP contribution >= 0.6 is 0 Å². The van der Waals surface area contributed by atoms with Gasteiger partial charge in [0.2, 0.25) is 0 Å². The molecule has 20 heavy (non-hydrogen) atoms. The first-order valence-electron chi connectivity index (χ1n) is 7.28. The fraction of sp³-hybridized carbons (Fsp3) is 0.667. The number of piperazine rings is 1. The number of pyridine rings is 1. The van der Waals surface area contributed by atoms with Crippen molar-refractivity contribution < 1.29 is 4.39 Å². The van der Waals surface area contributed by atoms with Crippen LogP contribution in [0.1, 0.15) is 32.0 Å². The Morgan fingerprint density at radius 3 is 2.55 bits per heavy atom. The summed E-state index contributed by atoms with van der Waals surface area (Å²) in [4.78, 5) is 8.93. The molecule has 0 amide bonds. The molecule has 5 heteroatoms. The summed E-state index contributed by atoms with van der Waals surface area (Å²) in [6.07, 6.45) is 2.08. The average Bonchev–Trinajstić information content (AvgIpc) is 2.42. The van der Waals surface area contributed by atoms with E-state index in [0.717, 1.165) is 31.7 Å². The molecule has 2 rings (SSSR count). The maximum Gasteiger partial charge on any atom is 0.141 e. The van der Waals surface area contributed by atoms with Gasteiger partial charge in [-0.1, -0.05) is 0 Å². The van der Waals surface area contributed by atoms with E-state index in [1.165, 1.54) is 12.3 Å². The SMILES string of the molecule is CC1CN(CCC(N)c2ccc(F)cn2)CC(C)N1C. The summed E-state index contributed by atoms with van der Waals surface area (Å²) in [7, 11) is 2.18. The van der Waals surface area contributed by atoms with Crippen molar-refractivity contribution in [3.05, 3.63) is 29.8 Å². The van der Waals surface area contributed by atoms with Gasteiger partial charge in [-0.25, -0.2) is 4.39 Å². The first kappa shape index (κ1) is 15.4. The Morgan fingerprint density at radius 2 is 2.00 bits per heavy atom. The van der Waals surface area contributed by atoms with Crippen LogP contribution in [0.25, 0.3) is 0 Å². The van der Waals surface area contributed by atoms with E-state index >= 15 is 0 Å². The van der Waals surface area contributed by atoms with E-state index in [-0.39, 0.29) is 11.9 Å². The van der Waals surface area contributed by atoms with E-state index in [1.807, 2.05) is 0 Å². The van der Waals surface area contributed by atoms with Gasteiger partial charge >= 0.3 is 0 Å². The third kappa shape index (κ3) is 3.75. The second-order valence-electron chi connectivity index (χ2n) is 5.92. The number of aromatic nitrogens is 1. The number of nitrogens with zero attached hydrogens (tertiary/aromatic N) is 3. The van der Waals surface area contributed by atoms with Gasteiger partial charge in [-0.3, -0.25) is 9.88 Å². The Kier molecular flexibility index (Phi) is 5.07. The molecule has 1 fully saturated rings. The molecule has 1 aliphatic rings. The smallest absolute Gasteiger partial charge is 0.141 e. The van der Waals surface area contributed by atoms with Crippen molar-refractivity contribution in [1.82, 2.24) is 14.8 Å². The summed E-state index contributed by atoms with van der Waals surface area (Å²) in [5, 5.41) is 0. The zero-order valence-corrected chi connectivity index (χ0v) is 12.6. The van der Waals surface area contributed by atoms with Gasteiger partial charge in [0, 0.05) is 37.8 Å². The summed E-state index contributed by atoms with van der Waals surface area (Å²) >= 11 is 0. The lowest BCUT2D eigenvalue weighted by atomic mass is 10.1. The minimum atomic E-state index is -0.317. The summed E-state index contributed by atoms with van der Waals surface area (Å²) in [6.45, 7) is 7.62. The third-order valence-corrected chi connectivity index (χ3v) is 4.32. The molecule has 0 aromatic carbocycles. The molecule has 4 nitrogen and oxygen atoms in total. The minimum Gasteiger partial charge on any atom is -0.323 e. The molecule has 1 aliphatic heterocycles. The molecule has 112 valence electrons. The van der Waals surface area contributed by atoms with Gasteiger partial charge in [0.25, 0.3) is 0 Å². The Labute approximate surface area is 120 Å². The Balaban J connectivity index is 1.84. The van der Waals surface area contributed by atoms with Gasteiger partial charge in [0.05, 0.1) is 11.9 Å². The molecule has 0 bridgehead atoms. The highest BCUT2D eigenvalue weighted by atomic mass is 19.1. The van der Waals surface area contributed by atoms with Gasteiger partial charge in [0.1, 0.15) is 5.82 Å². The van der Waals surface area contributed by atoms with Crippen LogP contribution in [-0.2, 0) is 0 Å². The van der Waals surface area contributed by atoms with Crippen molar-refractivity contribution in [3.63, 3.8) is 0 Å². The second kappa shape index (κ2) is 6.61. The molecule has 0 spiro atoms. The van der Waals surface area contributed by atoms with Crippen LogP contribution in [0.5, 0.6) is 0 Å². The van der Waals surface area contributed by atoms with Crippen LogP contribution in [0.15, 0.2) is 18.3 Å². The maximum absolute atomic E-state index is 12.8. The topological polar surface area (TPSA) is 45.4 Å². The van der Waals surface area contributed by atoms with Crippen molar-refractivity contribution in [2.24, 2.45) is 5.73 Å². The molecular formula is C15H25FN4. The molecule has 3 atom stereocenters. The normalized spacial score (nSPS) is 26.6. The van der Waals surface area contributed by atoms with Crippen LogP contribution in [0, 0.1) is 5.82 Å². The Hall–Kier alpha value is -1.04. The van der Waals surface area contributed by atoms with Crippen LogP contribution in [0.3, 0.4) is 0 Å². The van der Waals surface area contributed by atoms with Gasteiger partial charge in [-0.05, 0) is 39.4 Å². The zero-order chi connectivity index (χ0) is 14.7. The van der Waals surface area contributed by atoms with Crippen molar-refractivity contribution in [2.75, 3.05) is 26.7 Å². The highest BCUT2D eigenvalue weighted by Crippen LogP contribution is 2.17. The van der Waals surface area contributed by atoms with Gasteiger partial charge in [0.15, 0.2) is 0 Å². The molecule has 2 N–H and O–H groups in total. The highest BCUT2D eigenvalue weighted by molar-refractivity contribution is 5.09. The number of rotatable bonds is 4. The standard InChI is InChI=1S/C15H25FN4/c1-11-9-20(10-12(2)19(11)3)7-6-14(17)15-5-4-13(16)8-18-15/h4-5,8,11-12,14H,6-7,9-10,17H2,1-3H3. The summed E-state index contributed by atoms with van der Waals surface area (Å²) in [5.74, 6) is -0.317. The molecule has 3 unspecified atom stereocenters. The fourth-order valence-corrected chi connectivity index (χ4v) is 2.77. The Morgan fingerprint density at radius 1 is 1.35 bits per heavy atom. The van der Waals surface area contributed by atoms with E-state index in [1.54, 1.807) is 6.07 Å². The fourth-order valence-electron chi connectivity index (χ4n) is 2.77. The number of halogens is 1. The largest absolute Gasteiger partial charge is 0.323 e. The number of nitrogens with two attached hydrogens (primary N) is 1. The number of hydrogen-bond donors (Lipinski definition) is 1. The predicted octanol–water partition coefficient (Wildman–Crippen LogP) is 1.64. The van der Waals surface area contributed by atoms with E-state index in [0.29, 0.717) is 12.1 Å². The van der Waals surface area contributed by atoms with Crippen LogP contribution in [0.2, 0.25) is 0 Å². The quantitative estimate of drug-likeness (QED) is 0.910. The van der Waals surface area contributed by atoms with Crippen molar-refractivity contribution in [1.29, 1.82) is 0 Å². The third-order valence-electron chi connectivity index (χ3n) is 4.32. The number of hydrogen-bond acceptors (Lipinski definition) is 4. The van der Waals surface area contributed by atoms with Gasteiger partial charge in [-0.2, -0.15) is 0 Å². The number of likely N-dealkylation sites (N-methyl/N-ethyl adjacent to an activating group) is 1. The predicted molar refractivity (Wildman–Crippen MR) is 78.9 cm³/mol. The van der Waals surface area contributed by atoms with Crippen LogP contribution in [-0.4, -0.2) is 53.5 Å². The van der Waals surface area contributed by atoms with Gasteiger partial charge in [-0.15, -0.1) is 0 Å². The van der Waals surface area contributed by atoms with Crippen molar-refractivity contribution in [2.45, 2.75) is 38.4 Å². The first-order valence-corrected chi connectivity index (χ1v) is 7.28. The van der Waals surface area contributed by atoms with E-state index in [9.17, 15) is 4.39 Å². The lowest BCUT2D eigenvalue weighted by Crippen LogP contribution is -2.55. The summed E-state index contributed by atoms with van der Waals surface area (Å²) in [5.41, 5.74) is 6.90. The zero-order valence-electron chi connectivity index (χ0n) is 12.6. The molecule has 1 saturated heterocycles. The lowest BCUT2D eigenvalue weighted by Gasteiger charge is -2.42. The lowest BCUT2D eigenvalue weighted by molar-refractivity contribution is 0.0583. The van der Waals surface area contributed by atoms with Crippen molar-refractivity contribution >= 4 is 0 Å². The van der Waals surface area contributed by atoms with Gasteiger partial charge < -0.3 is 10.6 Å². The molecule has 1 aromatic rings. The monoisotopic (exact) mass is 280 g/mol. The van der Waals surface area contributed by atoms with E-state index in [2.05, 4.69) is 35.7 Å². The first-order chi connectivity index (χ1) is 9.47. The molecule has 2 heterocycles.